The third-order valence-corrected chi connectivity index (χ3v) is 7.23. The molecule has 0 radical (unpaired) electrons. The van der Waals surface area contributed by atoms with Crippen LogP contribution in [0, 0.1) is 5.82 Å². The van der Waals surface area contributed by atoms with Gasteiger partial charge in [-0.2, -0.15) is 13.2 Å². The minimum atomic E-state index is -4.54. The highest BCUT2D eigenvalue weighted by atomic mass is 19.4. The van der Waals surface area contributed by atoms with Gasteiger partial charge in [-0.1, -0.05) is 12.1 Å². The van der Waals surface area contributed by atoms with Crippen molar-refractivity contribution in [3.63, 3.8) is 0 Å². The monoisotopic (exact) mass is 529 g/mol. The highest BCUT2D eigenvalue weighted by Crippen LogP contribution is 2.39. The molecule has 11 heteroatoms. The van der Waals surface area contributed by atoms with Crippen LogP contribution in [0.4, 0.5) is 23.2 Å². The summed E-state index contributed by atoms with van der Waals surface area (Å²) >= 11 is 0. The van der Waals surface area contributed by atoms with Crippen molar-refractivity contribution in [1.29, 1.82) is 0 Å². The maximum atomic E-state index is 15.7. The van der Waals surface area contributed by atoms with Crippen LogP contribution < -0.4 is 10.3 Å². The van der Waals surface area contributed by atoms with Crippen LogP contribution in [0.1, 0.15) is 41.3 Å². The number of hydrogen-bond acceptors (Lipinski definition) is 5. The molecule has 0 saturated carbocycles. The molecule has 2 N–H and O–H groups in total. The second-order valence-corrected chi connectivity index (χ2v) is 9.37. The number of fused-ring (bicyclic) bond motifs is 3. The van der Waals surface area contributed by atoms with Crippen molar-refractivity contribution in [2.45, 2.75) is 38.1 Å². The fourth-order valence-electron chi connectivity index (χ4n) is 5.13. The van der Waals surface area contributed by atoms with Crippen LogP contribution in [-0.4, -0.2) is 38.8 Å². The molecular formula is C27H23F4N3O4. The highest BCUT2D eigenvalue weighted by Gasteiger charge is 2.37. The Balaban J connectivity index is 1.51. The molecule has 0 aliphatic carbocycles. The summed E-state index contributed by atoms with van der Waals surface area (Å²) in [6.45, 7) is 2.47. The van der Waals surface area contributed by atoms with Gasteiger partial charge in [0.2, 0.25) is 5.43 Å². The van der Waals surface area contributed by atoms with Crippen molar-refractivity contribution in [2.24, 2.45) is 0 Å². The number of carboxylic acid groups (broad SMARTS) is 1. The zero-order chi connectivity index (χ0) is 27.4. The van der Waals surface area contributed by atoms with E-state index in [9.17, 15) is 33.0 Å². The van der Waals surface area contributed by atoms with Crippen LogP contribution in [0.5, 0.6) is 0 Å². The lowest BCUT2D eigenvalue weighted by Gasteiger charge is -2.40. The lowest BCUT2D eigenvalue weighted by Crippen LogP contribution is -2.43. The van der Waals surface area contributed by atoms with E-state index < -0.39 is 40.1 Å². The van der Waals surface area contributed by atoms with Crippen molar-refractivity contribution in [3.05, 3.63) is 81.5 Å². The van der Waals surface area contributed by atoms with Crippen LogP contribution >= 0.6 is 0 Å². The Morgan fingerprint density at radius 2 is 1.87 bits per heavy atom. The van der Waals surface area contributed by atoms with E-state index in [0.717, 1.165) is 12.1 Å². The molecule has 0 bridgehead atoms. The van der Waals surface area contributed by atoms with E-state index in [2.05, 4.69) is 4.98 Å². The van der Waals surface area contributed by atoms with Gasteiger partial charge < -0.3 is 19.7 Å². The topological polar surface area (TPSA) is 95.7 Å². The fraction of sp³-hybridized carbons (Fsp3) is 0.296. The molecule has 4 aromatic rings. The standard InChI is InChI=1S/C27H23F4N3O4/c1-2-33-14-18(25(36)37)24(35)21-17-6-7-19(22(28)23(17)32-13-20(21)33)34-10-8-26(38,9-11-34)15-4-3-5-16(12-15)27(29,30)31/h3-7,12-14,38H,2,8-11H2,1H3,(H,36,37). The zero-order valence-corrected chi connectivity index (χ0v) is 20.2. The third-order valence-electron chi connectivity index (χ3n) is 7.23. The molecule has 2 aromatic carbocycles. The Labute approximate surface area is 213 Å². The Morgan fingerprint density at radius 1 is 1.16 bits per heavy atom. The number of alkyl halides is 3. The molecule has 198 valence electrons. The van der Waals surface area contributed by atoms with Crippen LogP contribution in [0.25, 0.3) is 21.8 Å². The minimum Gasteiger partial charge on any atom is -0.477 e. The van der Waals surface area contributed by atoms with Gasteiger partial charge in [0.05, 0.1) is 34.0 Å². The van der Waals surface area contributed by atoms with E-state index in [1.54, 1.807) is 16.4 Å². The van der Waals surface area contributed by atoms with Gasteiger partial charge >= 0.3 is 12.1 Å². The molecule has 1 aliphatic heterocycles. The largest absolute Gasteiger partial charge is 0.477 e. The van der Waals surface area contributed by atoms with Crippen LogP contribution in [0.2, 0.25) is 0 Å². The first-order valence-electron chi connectivity index (χ1n) is 12.0. The third kappa shape index (κ3) is 4.16. The number of pyridine rings is 2. The average Bonchev–Trinajstić information content (AvgIpc) is 2.89. The molecule has 1 fully saturated rings. The van der Waals surface area contributed by atoms with Gasteiger partial charge in [-0.25, -0.2) is 9.18 Å². The van der Waals surface area contributed by atoms with Crippen LogP contribution in [0.3, 0.4) is 0 Å². The summed E-state index contributed by atoms with van der Waals surface area (Å²) in [4.78, 5) is 30.5. The normalized spacial score (nSPS) is 15.8. The lowest BCUT2D eigenvalue weighted by molar-refractivity contribution is -0.137. The van der Waals surface area contributed by atoms with E-state index in [1.165, 1.54) is 36.7 Å². The first kappa shape index (κ1) is 25.7. The molecule has 38 heavy (non-hydrogen) atoms. The van der Waals surface area contributed by atoms with Gasteiger partial charge in [0, 0.05) is 31.2 Å². The predicted molar refractivity (Wildman–Crippen MR) is 133 cm³/mol. The molecule has 2 aromatic heterocycles. The zero-order valence-electron chi connectivity index (χ0n) is 20.2. The van der Waals surface area contributed by atoms with Gasteiger partial charge in [0.1, 0.15) is 11.1 Å². The first-order valence-corrected chi connectivity index (χ1v) is 12.0. The van der Waals surface area contributed by atoms with Crippen LogP contribution in [-0.2, 0) is 18.3 Å². The lowest BCUT2D eigenvalue weighted by atomic mass is 9.83. The maximum absolute atomic E-state index is 15.7. The van der Waals surface area contributed by atoms with Crippen molar-refractivity contribution in [3.8, 4) is 0 Å². The predicted octanol–water partition coefficient (Wildman–Crippen LogP) is 4.91. The number of halogens is 4. The second kappa shape index (κ2) is 9.09. The minimum absolute atomic E-state index is 0.0553. The van der Waals surface area contributed by atoms with E-state index >= 15 is 4.39 Å². The number of nitrogens with zero attached hydrogens (tertiary/aromatic N) is 3. The Hall–Kier alpha value is -3.99. The van der Waals surface area contributed by atoms with Crippen molar-refractivity contribution >= 4 is 33.5 Å². The smallest absolute Gasteiger partial charge is 0.416 e. The molecule has 3 heterocycles. The number of aryl methyl sites for hydroxylation is 1. The summed E-state index contributed by atoms with van der Waals surface area (Å²) in [7, 11) is 0. The second-order valence-electron chi connectivity index (χ2n) is 9.37. The Kier molecular flexibility index (Phi) is 6.13. The number of piperidine rings is 1. The number of carbonyl (C=O) groups is 1. The molecule has 1 aliphatic rings. The number of rotatable bonds is 4. The van der Waals surface area contributed by atoms with Crippen molar-refractivity contribution < 1.29 is 32.6 Å². The molecule has 0 unspecified atom stereocenters. The number of aromatic carboxylic acids is 1. The number of aliphatic hydroxyl groups is 1. The van der Waals surface area contributed by atoms with Crippen LogP contribution in [0.15, 0.2) is 53.6 Å². The summed E-state index contributed by atoms with van der Waals surface area (Å²) in [6.07, 6.45) is -1.82. The Bertz CT molecular complexity index is 1640. The number of carboxylic acids is 1. The quantitative estimate of drug-likeness (QED) is 0.288. The molecular weight excluding hydrogens is 506 g/mol. The SMILES string of the molecule is CCn1cc(C(=O)O)c(=O)c2c3ccc(N4CCC(O)(c5cccc(C(F)(F)F)c5)CC4)c(F)c3ncc21. The molecule has 0 amide bonds. The Morgan fingerprint density at radius 3 is 2.50 bits per heavy atom. The van der Waals surface area contributed by atoms with Gasteiger partial charge in [0.15, 0.2) is 5.82 Å². The van der Waals surface area contributed by atoms with Gasteiger partial charge in [-0.3, -0.25) is 9.78 Å². The summed E-state index contributed by atoms with van der Waals surface area (Å²) in [5.74, 6) is -2.10. The number of benzene rings is 2. The van der Waals surface area contributed by atoms with E-state index in [4.69, 9.17) is 0 Å². The van der Waals surface area contributed by atoms with E-state index in [-0.39, 0.29) is 53.5 Å². The summed E-state index contributed by atoms with van der Waals surface area (Å²) in [5.41, 5.74) is -2.92. The van der Waals surface area contributed by atoms with Gasteiger partial charge in [0.25, 0.3) is 0 Å². The van der Waals surface area contributed by atoms with Gasteiger partial charge in [-0.15, -0.1) is 0 Å². The maximum Gasteiger partial charge on any atom is 0.416 e. The molecule has 0 spiro atoms. The summed E-state index contributed by atoms with van der Waals surface area (Å²) < 4.78 is 56.8. The van der Waals surface area contributed by atoms with E-state index in [0.29, 0.717) is 12.1 Å². The van der Waals surface area contributed by atoms with Crippen molar-refractivity contribution in [2.75, 3.05) is 18.0 Å². The number of aromatic nitrogens is 2. The molecule has 7 nitrogen and oxygen atoms in total. The fourth-order valence-corrected chi connectivity index (χ4v) is 5.13. The number of anilines is 1. The molecule has 0 atom stereocenters. The number of hydrogen-bond donors (Lipinski definition) is 2. The van der Waals surface area contributed by atoms with Crippen molar-refractivity contribution in [1.82, 2.24) is 9.55 Å². The summed E-state index contributed by atoms with van der Waals surface area (Å²) in [6, 6.07) is 7.57. The molecule has 5 rings (SSSR count). The first-order chi connectivity index (χ1) is 17.9. The van der Waals surface area contributed by atoms with Gasteiger partial charge in [-0.05, 0) is 49.6 Å². The average molecular weight is 529 g/mol. The highest BCUT2D eigenvalue weighted by molar-refractivity contribution is 6.07. The molecule has 1 saturated heterocycles. The van der Waals surface area contributed by atoms with E-state index in [1.807, 2.05) is 0 Å². The summed E-state index contributed by atoms with van der Waals surface area (Å²) in [5, 5.41) is 20.8.